The van der Waals surface area contributed by atoms with Crippen LogP contribution in [-0.2, 0) is 11.3 Å². The quantitative estimate of drug-likeness (QED) is 0.465. The number of fused-ring (bicyclic) bond motifs is 1. The van der Waals surface area contributed by atoms with Crippen LogP contribution in [-0.4, -0.2) is 60.9 Å². The zero-order valence-corrected chi connectivity index (χ0v) is 22.2. The highest BCUT2D eigenvalue weighted by Gasteiger charge is 2.19. The van der Waals surface area contributed by atoms with Gasteiger partial charge in [0.1, 0.15) is 5.82 Å². The van der Waals surface area contributed by atoms with Crippen molar-refractivity contribution in [2.45, 2.75) is 33.2 Å². The standard InChI is InChI=1S/C29H37N5OS/c1-21-4-3-5-24(16-21)20-33-10-8-23(9-11-33)19-30-29(36)31-25-6-7-27-26(18-25)22(2)17-28(32-27)34-12-14-35-15-13-34/h3-7,16-18,23H,8-15,19-20H2,1-2H3,(H2,30,31,36). The zero-order chi connectivity index (χ0) is 24.9. The van der Waals surface area contributed by atoms with Crippen LogP contribution in [0.5, 0.6) is 0 Å². The van der Waals surface area contributed by atoms with Crippen molar-refractivity contribution in [3.8, 4) is 0 Å². The minimum atomic E-state index is 0.653. The number of nitrogens with one attached hydrogen (secondary N) is 2. The maximum atomic E-state index is 5.62. The molecule has 7 heteroatoms. The molecule has 3 aromatic rings. The third-order valence-electron chi connectivity index (χ3n) is 7.34. The lowest BCUT2D eigenvalue weighted by atomic mass is 9.96. The smallest absolute Gasteiger partial charge is 0.170 e. The van der Waals surface area contributed by atoms with Gasteiger partial charge in [-0.05, 0) is 93.3 Å². The predicted octanol–water partition coefficient (Wildman–Crippen LogP) is 4.89. The zero-order valence-electron chi connectivity index (χ0n) is 21.4. The maximum absolute atomic E-state index is 5.62. The lowest BCUT2D eigenvalue weighted by Gasteiger charge is -2.32. The van der Waals surface area contributed by atoms with Crippen LogP contribution in [0.1, 0.15) is 29.5 Å². The molecular formula is C29H37N5OS. The molecule has 2 fully saturated rings. The Hall–Kier alpha value is -2.74. The van der Waals surface area contributed by atoms with E-state index in [1.807, 2.05) is 0 Å². The Balaban J connectivity index is 1.10. The van der Waals surface area contributed by atoms with Crippen LogP contribution in [0.25, 0.3) is 10.9 Å². The number of nitrogens with zero attached hydrogens (tertiary/aromatic N) is 3. The first-order chi connectivity index (χ1) is 17.5. The van der Waals surface area contributed by atoms with Gasteiger partial charge in [0.05, 0.1) is 18.7 Å². The Labute approximate surface area is 220 Å². The number of anilines is 2. The van der Waals surface area contributed by atoms with Crippen molar-refractivity contribution in [3.05, 3.63) is 65.2 Å². The fourth-order valence-electron chi connectivity index (χ4n) is 5.24. The van der Waals surface area contributed by atoms with E-state index in [-0.39, 0.29) is 0 Å². The molecule has 0 bridgehead atoms. The number of aryl methyl sites for hydroxylation is 2. The van der Waals surface area contributed by atoms with Gasteiger partial charge in [0.2, 0.25) is 0 Å². The summed E-state index contributed by atoms with van der Waals surface area (Å²) in [6.45, 7) is 11.9. The average Bonchev–Trinajstić information content (AvgIpc) is 2.89. The van der Waals surface area contributed by atoms with Crippen LogP contribution < -0.4 is 15.5 Å². The number of morpholine rings is 1. The summed E-state index contributed by atoms with van der Waals surface area (Å²) in [5.74, 6) is 1.69. The molecule has 0 spiro atoms. The summed E-state index contributed by atoms with van der Waals surface area (Å²) in [5.41, 5.74) is 5.98. The summed E-state index contributed by atoms with van der Waals surface area (Å²) in [7, 11) is 0. The van der Waals surface area contributed by atoms with Crippen LogP contribution in [0.4, 0.5) is 11.5 Å². The highest BCUT2D eigenvalue weighted by atomic mass is 32.1. The van der Waals surface area contributed by atoms with Gasteiger partial charge >= 0.3 is 0 Å². The van der Waals surface area contributed by atoms with E-state index in [0.29, 0.717) is 11.0 Å². The van der Waals surface area contributed by atoms with Crippen LogP contribution in [0.3, 0.4) is 0 Å². The Bertz CT molecular complexity index is 1200. The number of pyridine rings is 1. The fraction of sp³-hybridized carbons (Fsp3) is 0.448. The van der Waals surface area contributed by atoms with Gasteiger partial charge in [0.25, 0.3) is 0 Å². The van der Waals surface area contributed by atoms with E-state index in [0.717, 1.165) is 74.9 Å². The van der Waals surface area contributed by atoms with Crippen molar-refractivity contribution in [2.24, 2.45) is 5.92 Å². The van der Waals surface area contributed by atoms with Crippen molar-refractivity contribution in [2.75, 3.05) is 56.2 Å². The van der Waals surface area contributed by atoms with Crippen molar-refractivity contribution in [3.63, 3.8) is 0 Å². The number of benzene rings is 2. The number of hydrogen-bond acceptors (Lipinski definition) is 5. The maximum Gasteiger partial charge on any atom is 0.170 e. The summed E-state index contributed by atoms with van der Waals surface area (Å²) in [6, 6.07) is 17.3. The van der Waals surface area contributed by atoms with E-state index in [1.54, 1.807) is 0 Å². The minimum absolute atomic E-state index is 0.653. The molecule has 6 nitrogen and oxygen atoms in total. The van der Waals surface area contributed by atoms with E-state index in [2.05, 4.69) is 82.8 Å². The first-order valence-electron chi connectivity index (χ1n) is 13.1. The molecule has 0 atom stereocenters. The predicted molar refractivity (Wildman–Crippen MR) is 153 cm³/mol. The number of rotatable bonds is 6. The molecule has 1 aromatic heterocycles. The molecule has 2 saturated heterocycles. The Morgan fingerprint density at radius 3 is 2.61 bits per heavy atom. The van der Waals surface area contributed by atoms with Gasteiger partial charge in [-0.1, -0.05) is 29.8 Å². The molecule has 2 N–H and O–H groups in total. The van der Waals surface area contributed by atoms with Gasteiger partial charge in [-0.2, -0.15) is 0 Å². The molecule has 2 aliphatic rings. The van der Waals surface area contributed by atoms with Gasteiger partial charge in [-0.25, -0.2) is 4.98 Å². The van der Waals surface area contributed by atoms with E-state index in [9.17, 15) is 0 Å². The summed E-state index contributed by atoms with van der Waals surface area (Å²) >= 11 is 5.62. The van der Waals surface area contributed by atoms with Gasteiger partial charge in [0, 0.05) is 37.3 Å². The van der Waals surface area contributed by atoms with E-state index in [1.165, 1.54) is 29.5 Å². The van der Waals surface area contributed by atoms with Crippen molar-refractivity contribution in [1.82, 2.24) is 15.2 Å². The monoisotopic (exact) mass is 503 g/mol. The molecule has 0 saturated carbocycles. The van der Waals surface area contributed by atoms with Crippen LogP contribution in [0, 0.1) is 19.8 Å². The molecule has 2 aliphatic heterocycles. The first-order valence-corrected chi connectivity index (χ1v) is 13.5. The van der Waals surface area contributed by atoms with E-state index < -0.39 is 0 Å². The molecule has 36 heavy (non-hydrogen) atoms. The van der Waals surface area contributed by atoms with Crippen molar-refractivity contribution in [1.29, 1.82) is 0 Å². The summed E-state index contributed by atoms with van der Waals surface area (Å²) in [5, 5.41) is 8.68. The normalized spacial score (nSPS) is 17.3. The Morgan fingerprint density at radius 1 is 1.03 bits per heavy atom. The Kier molecular flexibility index (Phi) is 7.99. The molecule has 5 rings (SSSR count). The lowest BCUT2D eigenvalue weighted by Crippen LogP contribution is -2.39. The second-order valence-corrected chi connectivity index (χ2v) is 10.6. The molecule has 0 unspecified atom stereocenters. The van der Waals surface area contributed by atoms with Crippen molar-refractivity contribution >= 4 is 39.7 Å². The second kappa shape index (κ2) is 11.5. The van der Waals surface area contributed by atoms with Crippen LogP contribution >= 0.6 is 12.2 Å². The molecular weight excluding hydrogens is 466 g/mol. The van der Waals surface area contributed by atoms with Crippen molar-refractivity contribution < 1.29 is 4.74 Å². The molecule has 190 valence electrons. The first kappa shape index (κ1) is 24.9. The SMILES string of the molecule is Cc1cccc(CN2CCC(CNC(=S)Nc3ccc4nc(N5CCOCC5)cc(C)c4c3)CC2)c1. The number of piperidine rings is 1. The molecule has 0 radical (unpaired) electrons. The van der Waals surface area contributed by atoms with E-state index >= 15 is 0 Å². The minimum Gasteiger partial charge on any atom is -0.378 e. The molecule has 2 aromatic carbocycles. The number of ether oxygens (including phenoxy) is 1. The van der Waals surface area contributed by atoms with Gasteiger partial charge in [-0.15, -0.1) is 0 Å². The van der Waals surface area contributed by atoms with E-state index in [4.69, 9.17) is 21.9 Å². The summed E-state index contributed by atoms with van der Waals surface area (Å²) in [4.78, 5) is 9.77. The topological polar surface area (TPSA) is 52.7 Å². The van der Waals surface area contributed by atoms with Gasteiger partial charge < -0.3 is 20.3 Å². The summed E-state index contributed by atoms with van der Waals surface area (Å²) < 4.78 is 5.48. The number of likely N-dealkylation sites (tertiary alicyclic amines) is 1. The number of hydrogen-bond donors (Lipinski definition) is 2. The van der Waals surface area contributed by atoms with Crippen LogP contribution in [0.15, 0.2) is 48.5 Å². The number of thiocarbonyl (C=S) groups is 1. The lowest BCUT2D eigenvalue weighted by molar-refractivity contribution is 0.122. The Morgan fingerprint density at radius 2 is 1.83 bits per heavy atom. The third kappa shape index (κ3) is 6.33. The third-order valence-corrected chi connectivity index (χ3v) is 7.59. The molecule has 0 amide bonds. The highest BCUT2D eigenvalue weighted by molar-refractivity contribution is 7.80. The molecule has 0 aliphatic carbocycles. The average molecular weight is 504 g/mol. The van der Waals surface area contributed by atoms with Crippen LogP contribution in [0.2, 0.25) is 0 Å². The van der Waals surface area contributed by atoms with Gasteiger partial charge in [-0.3, -0.25) is 4.90 Å². The van der Waals surface area contributed by atoms with Gasteiger partial charge in [0.15, 0.2) is 5.11 Å². The second-order valence-electron chi connectivity index (χ2n) is 10.2. The summed E-state index contributed by atoms with van der Waals surface area (Å²) in [6.07, 6.45) is 2.40. The largest absolute Gasteiger partial charge is 0.378 e. The number of aromatic nitrogens is 1. The molecule has 3 heterocycles. The highest BCUT2D eigenvalue weighted by Crippen LogP contribution is 2.26. The fourth-order valence-corrected chi connectivity index (χ4v) is 5.44.